The van der Waals surface area contributed by atoms with Gasteiger partial charge in [0.25, 0.3) is 5.56 Å². The van der Waals surface area contributed by atoms with Crippen molar-refractivity contribution in [3.63, 3.8) is 0 Å². The first kappa shape index (κ1) is 20.0. The van der Waals surface area contributed by atoms with Crippen molar-refractivity contribution in [1.29, 1.82) is 0 Å². The highest BCUT2D eigenvalue weighted by atomic mass is 19.4. The Labute approximate surface area is 175 Å². The lowest BCUT2D eigenvalue weighted by Crippen LogP contribution is -2.54. The highest BCUT2D eigenvalue weighted by Crippen LogP contribution is 2.36. The van der Waals surface area contributed by atoms with Gasteiger partial charge in [-0.2, -0.15) is 18.2 Å². The molecule has 0 aromatic carbocycles. The smallest absolute Gasteiger partial charge is 0.374 e. The maximum atomic E-state index is 13.9. The maximum absolute atomic E-state index is 13.9. The Morgan fingerprint density at radius 3 is 2.68 bits per heavy atom. The number of Topliss-reactive ketones (excluding diaryl/α,β-unsaturated/α-hetero) is 1. The molecule has 0 saturated carbocycles. The summed E-state index contributed by atoms with van der Waals surface area (Å²) in [5.74, 6) is -0.295. The van der Waals surface area contributed by atoms with Crippen LogP contribution in [-0.4, -0.2) is 64.4 Å². The van der Waals surface area contributed by atoms with Crippen molar-refractivity contribution >= 4 is 17.5 Å². The van der Waals surface area contributed by atoms with E-state index in [2.05, 4.69) is 9.97 Å². The summed E-state index contributed by atoms with van der Waals surface area (Å²) in [5.41, 5.74) is -0.175. The summed E-state index contributed by atoms with van der Waals surface area (Å²) in [6, 6.07) is 2.41. The van der Waals surface area contributed by atoms with E-state index < -0.39 is 30.1 Å². The number of morpholine rings is 1. The van der Waals surface area contributed by atoms with Gasteiger partial charge in [-0.15, -0.1) is 0 Å². The second-order valence-corrected chi connectivity index (χ2v) is 8.03. The molecular weight excluding hydrogens is 415 g/mol. The van der Waals surface area contributed by atoms with Gasteiger partial charge in [-0.1, -0.05) is 0 Å². The van der Waals surface area contributed by atoms with Gasteiger partial charge in [-0.25, -0.2) is 0 Å². The third-order valence-electron chi connectivity index (χ3n) is 6.12. The number of halogens is 3. The third-order valence-corrected chi connectivity index (χ3v) is 6.12. The van der Waals surface area contributed by atoms with E-state index >= 15 is 0 Å². The molecule has 5 heterocycles. The second kappa shape index (κ2) is 7.33. The number of ketones is 1. The zero-order valence-corrected chi connectivity index (χ0v) is 16.5. The molecule has 2 aromatic rings. The molecule has 5 rings (SSSR count). The molecule has 8 nitrogen and oxygen atoms in total. The van der Waals surface area contributed by atoms with Crippen LogP contribution in [0.1, 0.15) is 23.2 Å². The third kappa shape index (κ3) is 3.56. The lowest BCUT2D eigenvalue weighted by Gasteiger charge is -2.39. The minimum absolute atomic E-state index is 0.0397. The molecule has 11 heteroatoms. The van der Waals surface area contributed by atoms with Crippen molar-refractivity contribution < 1.29 is 22.7 Å². The molecule has 3 aliphatic heterocycles. The fourth-order valence-electron chi connectivity index (χ4n) is 4.59. The molecule has 2 aromatic heterocycles. The van der Waals surface area contributed by atoms with Crippen LogP contribution in [0.15, 0.2) is 35.4 Å². The van der Waals surface area contributed by atoms with Gasteiger partial charge in [-0.05, 0) is 25.0 Å². The van der Waals surface area contributed by atoms with E-state index in [0.717, 1.165) is 11.3 Å². The number of alkyl halides is 3. The molecule has 164 valence electrons. The Balaban J connectivity index is 1.54. The molecular formula is C20H20F3N5O3. The van der Waals surface area contributed by atoms with E-state index in [1.165, 1.54) is 35.2 Å². The first-order valence-electron chi connectivity index (χ1n) is 10.1. The predicted octanol–water partition coefficient (Wildman–Crippen LogP) is 1.64. The van der Waals surface area contributed by atoms with Crippen molar-refractivity contribution in [3.8, 4) is 0 Å². The Bertz CT molecular complexity index is 1060. The maximum Gasteiger partial charge on any atom is 0.408 e. The average molecular weight is 435 g/mol. The van der Waals surface area contributed by atoms with E-state index in [4.69, 9.17) is 4.74 Å². The van der Waals surface area contributed by atoms with E-state index in [9.17, 15) is 22.8 Å². The summed E-state index contributed by atoms with van der Waals surface area (Å²) in [6.45, 7) is 0.388. The zero-order chi connectivity index (χ0) is 21.8. The van der Waals surface area contributed by atoms with E-state index in [1.54, 1.807) is 0 Å². The number of anilines is 2. The predicted molar refractivity (Wildman–Crippen MR) is 104 cm³/mol. The van der Waals surface area contributed by atoms with Crippen LogP contribution in [0.3, 0.4) is 0 Å². The number of hydrogen-bond donors (Lipinski definition) is 0. The fourth-order valence-corrected chi connectivity index (χ4v) is 4.59. The Hall–Kier alpha value is -2.95. The van der Waals surface area contributed by atoms with Gasteiger partial charge in [0.15, 0.2) is 5.78 Å². The van der Waals surface area contributed by atoms with Gasteiger partial charge >= 0.3 is 6.18 Å². The number of ether oxygens (including phenoxy) is 1. The molecule has 2 bridgehead atoms. The van der Waals surface area contributed by atoms with E-state index in [0.29, 0.717) is 19.0 Å². The molecule has 3 aliphatic rings. The number of carbonyl (C=O) groups is 1. The fraction of sp³-hybridized carbons (Fsp3) is 0.500. The van der Waals surface area contributed by atoms with Crippen LogP contribution in [0.5, 0.6) is 0 Å². The summed E-state index contributed by atoms with van der Waals surface area (Å²) in [5, 5.41) is 0. The minimum Gasteiger partial charge on any atom is -0.374 e. The molecule has 2 saturated heterocycles. The van der Waals surface area contributed by atoms with Crippen molar-refractivity contribution in [3.05, 3.63) is 46.5 Å². The van der Waals surface area contributed by atoms with Crippen LogP contribution < -0.4 is 15.4 Å². The lowest BCUT2D eigenvalue weighted by molar-refractivity contribution is -0.152. The quantitative estimate of drug-likeness (QED) is 0.676. The molecule has 31 heavy (non-hydrogen) atoms. The standard InChI is InChI=1S/C20H20F3N5O3/c21-20(22,23)16-3-6-26-18(30)8-17(27-9-14-7-13(27)11-31-14)25-19(26)28(16)10-15(29)12-1-4-24-5-2-12/h1-2,4-5,8,13-14,16H,3,6-7,9-11H2. The molecule has 0 aliphatic carbocycles. The number of carbonyl (C=O) groups excluding carboxylic acids is 1. The van der Waals surface area contributed by atoms with Crippen LogP contribution in [0, 0.1) is 0 Å². The number of fused-ring (bicyclic) bond motifs is 3. The average Bonchev–Trinajstić information content (AvgIpc) is 3.37. The van der Waals surface area contributed by atoms with Crippen molar-refractivity contribution in [2.24, 2.45) is 0 Å². The monoisotopic (exact) mass is 435 g/mol. The summed E-state index contributed by atoms with van der Waals surface area (Å²) in [7, 11) is 0. The number of hydrogen-bond acceptors (Lipinski definition) is 7. The second-order valence-electron chi connectivity index (χ2n) is 8.03. The first-order chi connectivity index (χ1) is 14.8. The topological polar surface area (TPSA) is 80.6 Å². The zero-order valence-electron chi connectivity index (χ0n) is 16.5. The van der Waals surface area contributed by atoms with Crippen LogP contribution in [0.2, 0.25) is 0 Å². The molecule has 0 amide bonds. The van der Waals surface area contributed by atoms with Crippen molar-refractivity contribution in [1.82, 2.24) is 14.5 Å². The number of pyridine rings is 1. The van der Waals surface area contributed by atoms with Crippen molar-refractivity contribution in [2.75, 3.05) is 29.5 Å². The molecule has 2 fully saturated rings. The Morgan fingerprint density at radius 2 is 2.03 bits per heavy atom. The van der Waals surface area contributed by atoms with Crippen molar-refractivity contribution in [2.45, 2.75) is 43.8 Å². The molecule has 0 N–H and O–H groups in total. The van der Waals surface area contributed by atoms with Crippen LogP contribution in [0.4, 0.5) is 24.9 Å². The normalized spacial score (nSPS) is 25.1. The van der Waals surface area contributed by atoms with E-state index in [-0.39, 0.29) is 36.6 Å². The number of aromatic nitrogens is 3. The van der Waals surface area contributed by atoms with Crippen LogP contribution in [0.25, 0.3) is 0 Å². The van der Waals surface area contributed by atoms with Gasteiger partial charge in [0.1, 0.15) is 11.9 Å². The van der Waals surface area contributed by atoms with Gasteiger partial charge < -0.3 is 14.5 Å². The SMILES string of the molecule is O=C(CN1c2nc(N3CC4CC3CO4)cc(=O)n2CCC1C(F)(F)F)c1ccncc1. The molecule has 0 radical (unpaired) electrons. The summed E-state index contributed by atoms with van der Waals surface area (Å²) >= 11 is 0. The molecule has 3 atom stereocenters. The number of nitrogens with zero attached hydrogens (tertiary/aromatic N) is 5. The summed E-state index contributed by atoms with van der Waals surface area (Å²) in [6.07, 6.45) is -1.25. The van der Waals surface area contributed by atoms with Gasteiger partial charge in [0.2, 0.25) is 5.95 Å². The molecule has 0 spiro atoms. The van der Waals surface area contributed by atoms with E-state index in [1.807, 2.05) is 4.90 Å². The Morgan fingerprint density at radius 1 is 1.26 bits per heavy atom. The highest BCUT2D eigenvalue weighted by molar-refractivity contribution is 5.99. The highest BCUT2D eigenvalue weighted by Gasteiger charge is 2.48. The number of rotatable bonds is 4. The molecule has 3 unspecified atom stereocenters. The first-order valence-corrected chi connectivity index (χ1v) is 10.1. The van der Waals surface area contributed by atoms with Gasteiger partial charge in [-0.3, -0.25) is 19.1 Å². The van der Waals surface area contributed by atoms with Crippen LogP contribution >= 0.6 is 0 Å². The van der Waals surface area contributed by atoms with Gasteiger partial charge in [0, 0.05) is 37.1 Å². The summed E-state index contributed by atoms with van der Waals surface area (Å²) in [4.78, 5) is 36.6. The lowest BCUT2D eigenvalue weighted by atomic mass is 10.1. The van der Waals surface area contributed by atoms with Gasteiger partial charge in [0.05, 0.1) is 25.3 Å². The largest absolute Gasteiger partial charge is 0.408 e. The van der Waals surface area contributed by atoms with Crippen LogP contribution in [-0.2, 0) is 11.3 Å². The minimum atomic E-state index is -4.57. The Kier molecular flexibility index (Phi) is 4.72. The summed E-state index contributed by atoms with van der Waals surface area (Å²) < 4.78 is 48.4.